The molecule has 0 heterocycles. The number of halogens is 1. The van der Waals surface area contributed by atoms with Gasteiger partial charge in [-0.1, -0.05) is 166 Å². The van der Waals surface area contributed by atoms with Crippen molar-refractivity contribution in [3.05, 3.63) is 119 Å². The summed E-state index contributed by atoms with van der Waals surface area (Å²) < 4.78 is 0. The van der Waals surface area contributed by atoms with E-state index in [1.807, 2.05) is 11.1 Å². The van der Waals surface area contributed by atoms with Gasteiger partial charge in [-0.3, -0.25) is 0 Å². The molecule has 4 rings (SSSR count). The first-order valence-corrected chi connectivity index (χ1v) is 23.6. The number of fused-ring (bicyclic) bond motifs is 2. The molecule has 2 N–H and O–H groups in total. The molecule has 0 amide bonds. The fourth-order valence-corrected chi connectivity index (χ4v) is 5.09. The first kappa shape index (κ1) is 40.9. The lowest BCUT2D eigenvalue weighted by Gasteiger charge is -2.15. The number of benzene rings is 4. The molecule has 0 radical (unpaired) electrons. The molecule has 0 bridgehead atoms. The standard InChI is InChI=1S/C20H25NSi.C15H16BrN.C5H10Si.CH4/c1-17(21-15-8-5-9-16-22(2,3)4)19-14-10-12-18-11-6-7-13-20(18)19;1-12(17-11-5-10-16)14-9-4-7-13-6-2-3-8-15(13)14;1-5-6(2,3)4;/h5-8,10-14,17,21H,15H2,1-4H3;2-10,12,17H,11H2,1H3;1H,2-4H3;1H4/b8-5-;10-5-;;/t17-;12-;;/m11../s1. The van der Waals surface area contributed by atoms with Crippen molar-refractivity contribution >= 4 is 53.6 Å². The fraction of sp³-hybridized carbons (Fsp3) is 0.317. The molecule has 0 saturated carbocycles. The Morgan fingerprint density at radius 3 is 1.50 bits per heavy atom. The van der Waals surface area contributed by atoms with Crippen molar-refractivity contribution in [1.82, 2.24) is 10.6 Å². The van der Waals surface area contributed by atoms with Crippen LogP contribution in [-0.4, -0.2) is 29.2 Å². The number of hydrogen-bond donors (Lipinski definition) is 2. The van der Waals surface area contributed by atoms with Gasteiger partial charge in [0.1, 0.15) is 16.1 Å². The maximum absolute atomic E-state index is 5.12. The number of rotatable bonds is 8. The third-order valence-corrected chi connectivity index (χ3v) is 8.97. The zero-order valence-electron chi connectivity index (χ0n) is 28.4. The van der Waals surface area contributed by atoms with Crippen LogP contribution in [0.2, 0.25) is 39.3 Å². The van der Waals surface area contributed by atoms with E-state index in [-0.39, 0.29) is 7.43 Å². The van der Waals surface area contributed by atoms with Crippen molar-refractivity contribution in [2.45, 2.75) is 72.6 Å². The molecule has 0 unspecified atom stereocenters. The molecule has 0 fully saturated rings. The molecule has 0 aromatic heterocycles. The summed E-state index contributed by atoms with van der Waals surface area (Å²) in [6, 6.07) is 30.7. The normalized spacial score (nSPS) is 12.5. The number of terminal acetylenes is 1. The van der Waals surface area contributed by atoms with E-state index in [0.717, 1.165) is 13.1 Å². The quantitative estimate of drug-likeness (QED) is 0.140. The second-order valence-electron chi connectivity index (χ2n) is 13.1. The van der Waals surface area contributed by atoms with E-state index in [4.69, 9.17) is 6.42 Å². The summed E-state index contributed by atoms with van der Waals surface area (Å²) in [6.07, 6.45) is 11.3. The minimum atomic E-state index is -1.26. The van der Waals surface area contributed by atoms with Crippen molar-refractivity contribution in [3.63, 3.8) is 0 Å². The van der Waals surface area contributed by atoms with E-state index in [9.17, 15) is 0 Å². The molecule has 244 valence electrons. The smallest absolute Gasteiger partial charge is 0.129 e. The molecule has 0 aliphatic carbocycles. The molecule has 0 aliphatic rings. The molecule has 0 saturated heterocycles. The Labute approximate surface area is 291 Å². The van der Waals surface area contributed by atoms with Crippen molar-refractivity contribution in [2.75, 3.05) is 13.1 Å². The lowest BCUT2D eigenvalue weighted by Crippen LogP contribution is -2.18. The summed E-state index contributed by atoms with van der Waals surface area (Å²) in [5.41, 5.74) is 8.78. The topological polar surface area (TPSA) is 24.1 Å². The highest BCUT2D eigenvalue weighted by molar-refractivity contribution is 9.11. The molecule has 46 heavy (non-hydrogen) atoms. The largest absolute Gasteiger partial charge is 0.307 e. The predicted octanol–water partition coefficient (Wildman–Crippen LogP) is 11.5. The maximum atomic E-state index is 5.12. The third-order valence-electron chi connectivity index (χ3n) is 6.83. The predicted molar refractivity (Wildman–Crippen MR) is 218 cm³/mol. The van der Waals surface area contributed by atoms with E-state index >= 15 is 0 Å². The van der Waals surface area contributed by atoms with Crippen LogP contribution >= 0.6 is 15.9 Å². The van der Waals surface area contributed by atoms with Crippen LogP contribution in [0.5, 0.6) is 0 Å². The van der Waals surface area contributed by atoms with Crippen LogP contribution in [0.25, 0.3) is 21.5 Å². The van der Waals surface area contributed by atoms with Crippen LogP contribution in [0.3, 0.4) is 0 Å². The van der Waals surface area contributed by atoms with Gasteiger partial charge < -0.3 is 10.6 Å². The van der Waals surface area contributed by atoms with Crippen LogP contribution in [0.4, 0.5) is 0 Å². The molecule has 0 spiro atoms. The summed E-state index contributed by atoms with van der Waals surface area (Å²) in [5, 5.41) is 12.3. The van der Waals surface area contributed by atoms with Crippen LogP contribution in [0.15, 0.2) is 108 Å². The first-order chi connectivity index (χ1) is 21.4. The van der Waals surface area contributed by atoms with Gasteiger partial charge in [-0.2, -0.15) is 0 Å². The van der Waals surface area contributed by atoms with E-state index in [1.54, 1.807) is 0 Å². The van der Waals surface area contributed by atoms with Gasteiger partial charge in [0.15, 0.2) is 0 Å². The summed E-state index contributed by atoms with van der Waals surface area (Å²) >= 11 is 3.27. The zero-order valence-corrected chi connectivity index (χ0v) is 32.0. The zero-order chi connectivity index (χ0) is 33.3. The first-order valence-electron chi connectivity index (χ1n) is 15.7. The fourth-order valence-electron chi connectivity index (χ4n) is 4.39. The van der Waals surface area contributed by atoms with E-state index in [0.29, 0.717) is 12.1 Å². The Bertz CT molecular complexity index is 1630. The Hall–Kier alpha value is -3.17. The van der Waals surface area contributed by atoms with E-state index < -0.39 is 16.1 Å². The maximum Gasteiger partial charge on any atom is 0.129 e. The molecular formula is C41H55BrN2Si2. The van der Waals surface area contributed by atoms with Gasteiger partial charge in [-0.05, 0) is 57.6 Å². The van der Waals surface area contributed by atoms with Gasteiger partial charge in [0, 0.05) is 25.2 Å². The van der Waals surface area contributed by atoms with Crippen molar-refractivity contribution < 1.29 is 0 Å². The van der Waals surface area contributed by atoms with E-state index in [2.05, 4.69) is 194 Å². The highest BCUT2D eigenvalue weighted by atomic mass is 79.9. The molecule has 5 heteroatoms. The van der Waals surface area contributed by atoms with Crippen LogP contribution in [0.1, 0.15) is 44.5 Å². The molecule has 0 aliphatic heterocycles. The Kier molecular flexibility index (Phi) is 18.5. The van der Waals surface area contributed by atoms with Gasteiger partial charge in [0.25, 0.3) is 0 Å². The van der Waals surface area contributed by atoms with Gasteiger partial charge in [-0.25, -0.2) is 0 Å². The van der Waals surface area contributed by atoms with Crippen LogP contribution in [-0.2, 0) is 0 Å². The molecular weight excluding hydrogens is 657 g/mol. The minimum Gasteiger partial charge on any atom is -0.307 e. The summed E-state index contributed by atoms with van der Waals surface area (Å²) in [5.74, 6) is 3.16. The second kappa shape index (κ2) is 20.9. The Balaban J connectivity index is 0.000000392. The van der Waals surface area contributed by atoms with Crippen molar-refractivity contribution in [3.8, 4) is 23.4 Å². The van der Waals surface area contributed by atoms with Crippen molar-refractivity contribution in [2.24, 2.45) is 0 Å². The van der Waals surface area contributed by atoms with Gasteiger partial charge in [0.05, 0.1) is 0 Å². The molecule has 4 aromatic carbocycles. The van der Waals surface area contributed by atoms with Crippen molar-refractivity contribution in [1.29, 1.82) is 0 Å². The van der Waals surface area contributed by atoms with E-state index in [1.165, 1.54) is 32.7 Å². The average molecular weight is 712 g/mol. The molecule has 4 aromatic rings. The number of nitrogens with one attached hydrogen (secondary N) is 2. The van der Waals surface area contributed by atoms with Crippen LogP contribution in [0, 0.1) is 23.4 Å². The van der Waals surface area contributed by atoms with Crippen LogP contribution < -0.4 is 10.6 Å². The minimum absolute atomic E-state index is 0. The monoisotopic (exact) mass is 710 g/mol. The summed E-state index contributed by atoms with van der Waals surface area (Å²) in [6.45, 7) is 19.3. The van der Waals surface area contributed by atoms with Gasteiger partial charge in [0.2, 0.25) is 0 Å². The highest BCUT2D eigenvalue weighted by Gasteiger charge is 2.09. The number of allylic oxidation sites excluding steroid dienone is 1. The van der Waals surface area contributed by atoms with Gasteiger partial charge in [-0.15, -0.1) is 17.5 Å². The Morgan fingerprint density at radius 2 is 1.09 bits per heavy atom. The molecule has 2 atom stereocenters. The third kappa shape index (κ3) is 15.4. The van der Waals surface area contributed by atoms with Gasteiger partial charge >= 0.3 is 0 Å². The lowest BCUT2D eigenvalue weighted by molar-refractivity contribution is 0.621. The SMILES string of the molecule is C.C#C[Si](C)(C)C.C[C@@H](NC/C=C\Br)c1cccc2ccccc12.C[C@@H](NC/C=C\C#C[Si](C)(C)C)c1cccc2ccccc12. The second-order valence-corrected chi connectivity index (χ2v) is 23.1. The molecule has 2 nitrogen and oxygen atoms in total. The number of hydrogen-bond acceptors (Lipinski definition) is 2. The summed E-state index contributed by atoms with van der Waals surface area (Å²) in [7, 11) is -2.36. The Morgan fingerprint density at radius 1 is 0.674 bits per heavy atom. The summed E-state index contributed by atoms with van der Waals surface area (Å²) in [4.78, 5) is 1.88. The highest BCUT2D eigenvalue weighted by Crippen LogP contribution is 2.25. The lowest BCUT2D eigenvalue weighted by atomic mass is 10.00. The average Bonchev–Trinajstić information content (AvgIpc) is 3.02.